The highest BCUT2D eigenvalue weighted by atomic mass is 19.1. The Hall–Kier alpha value is -3.38. The van der Waals surface area contributed by atoms with E-state index in [1.165, 1.54) is 22.2 Å². The lowest BCUT2D eigenvalue weighted by atomic mass is 9.98. The standard InChI is InChI=1S/C22H26F2N4O6/c23-17-9-15(16-11-25-20(26-12-16)21(31)27(5-7-29)6-8-30)10-18(24)19(17)34-13-14-1-3-28(4-2-14)22(32)33/h9-12,14,29-30H,1-8,13H2,(H,32,33). The molecule has 12 heteroatoms. The summed E-state index contributed by atoms with van der Waals surface area (Å²) in [6.07, 6.45) is 2.61. The second-order valence-electron chi connectivity index (χ2n) is 7.83. The van der Waals surface area contributed by atoms with Crippen molar-refractivity contribution >= 4 is 12.0 Å². The van der Waals surface area contributed by atoms with Crippen LogP contribution in [0, 0.1) is 17.6 Å². The summed E-state index contributed by atoms with van der Waals surface area (Å²) in [5.41, 5.74) is 0.427. The van der Waals surface area contributed by atoms with E-state index in [0.717, 1.165) is 12.1 Å². The number of carbonyl (C=O) groups is 2. The van der Waals surface area contributed by atoms with Crippen molar-refractivity contribution in [2.75, 3.05) is 46.0 Å². The molecule has 0 aliphatic carbocycles. The van der Waals surface area contributed by atoms with Gasteiger partial charge in [-0.2, -0.15) is 0 Å². The monoisotopic (exact) mass is 480 g/mol. The van der Waals surface area contributed by atoms with Gasteiger partial charge < -0.3 is 29.9 Å². The molecule has 1 aromatic carbocycles. The van der Waals surface area contributed by atoms with Crippen LogP contribution in [-0.4, -0.2) is 93.1 Å². The molecule has 0 atom stereocenters. The third-order valence-electron chi connectivity index (χ3n) is 5.55. The first-order valence-corrected chi connectivity index (χ1v) is 10.8. The number of rotatable bonds is 9. The summed E-state index contributed by atoms with van der Waals surface area (Å²) in [6.45, 7) is 0.185. The van der Waals surface area contributed by atoms with Crippen molar-refractivity contribution in [1.29, 1.82) is 0 Å². The molecule has 0 saturated carbocycles. The number of halogens is 2. The number of hydrogen-bond acceptors (Lipinski definition) is 7. The number of carboxylic acid groups (broad SMARTS) is 1. The molecule has 10 nitrogen and oxygen atoms in total. The molecular formula is C22H26F2N4O6. The molecule has 34 heavy (non-hydrogen) atoms. The molecular weight excluding hydrogens is 454 g/mol. The number of carbonyl (C=O) groups excluding carboxylic acids is 1. The number of piperidine rings is 1. The second-order valence-corrected chi connectivity index (χ2v) is 7.83. The summed E-state index contributed by atoms with van der Waals surface area (Å²) in [5, 5.41) is 27.1. The topological polar surface area (TPSA) is 136 Å². The predicted molar refractivity (Wildman–Crippen MR) is 115 cm³/mol. The number of aliphatic hydroxyl groups is 2. The molecule has 2 amide bonds. The van der Waals surface area contributed by atoms with Crippen molar-refractivity contribution in [3.05, 3.63) is 42.0 Å². The van der Waals surface area contributed by atoms with Gasteiger partial charge in [-0.15, -0.1) is 0 Å². The molecule has 0 spiro atoms. The van der Waals surface area contributed by atoms with Gasteiger partial charge in [-0.1, -0.05) is 0 Å². The fourth-order valence-corrected chi connectivity index (χ4v) is 3.64. The molecule has 1 aromatic heterocycles. The van der Waals surface area contributed by atoms with E-state index in [2.05, 4.69) is 9.97 Å². The summed E-state index contributed by atoms with van der Waals surface area (Å²) >= 11 is 0. The van der Waals surface area contributed by atoms with Crippen molar-refractivity contribution < 1.29 is 38.4 Å². The SMILES string of the molecule is O=C(O)N1CCC(COc2c(F)cc(-c3cnc(C(=O)N(CCO)CCO)nc3)cc2F)CC1. The third-order valence-corrected chi connectivity index (χ3v) is 5.55. The van der Waals surface area contributed by atoms with Gasteiger partial charge in [-0.3, -0.25) is 4.79 Å². The van der Waals surface area contributed by atoms with E-state index in [4.69, 9.17) is 20.1 Å². The van der Waals surface area contributed by atoms with Gasteiger partial charge in [0.1, 0.15) is 0 Å². The van der Waals surface area contributed by atoms with Crippen molar-refractivity contribution in [3.8, 4) is 16.9 Å². The number of hydrogen-bond donors (Lipinski definition) is 3. The molecule has 184 valence electrons. The molecule has 2 aromatic rings. The van der Waals surface area contributed by atoms with Gasteiger partial charge in [0, 0.05) is 44.1 Å². The van der Waals surface area contributed by atoms with Crippen molar-refractivity contribution in [3.63, 3.8) is 0 Å². The first kappa shape index (κ1) is 25.2. The van der Waals surface area contributed by atoms with Gasteiger partial charge in [0.2, 0.25) is 5.82 Å². The van der Waals surface area contributed by atoms with E-state index in [1.807, 2.05) is 0 Å². The van der Waals surface area contributed by atoms with Crippen LogP contribution >= 0.6 is 0 Å². The molecule has 3 rings (SSSR count). The second kappa shape index (κ2) is 11.7. The average molecular weight is 480 g/mol. The Balaban J connectivity index is 1.66. The van der Waals surface area contributed by atoms with Gasteiger partial charge in [-0.25, -0.2) is 23.5 Å². The summed E-state index contributed by atoms with van der Waals surface area (Å²) in [5.74, 6) is -3.11. The minimum Gasteiger partial charge on any atom is -0.487 e. The van der Waals surface area contributed by atoms with Gasteiger partial charge >= 0.3 is 6.09 Å². The first-order valence-electron chi connectivity index (χ1n) is 10.8. The van der Waals surface area contributed by atoms with E-state index < -0.39 is 29.4 Å². The number of likely N-dealkylation sites (tertiary alicyclic amines) is 1. The molecule has 2 heterocycles. The van der Waals surface area contributed by atoms with Crippen LogP contribution in [0.25, 0.3) is 11.1 Å². The molecule has 3 N–H and O–H groups in total. The lowest BCUT2D eigenvalue weighted by Gasteiger charge is -2.29. The van der Waals surface area contributed by atoms with Crippen LogP contribution in [0.4, 0.5) is 13.6 Å². The zero-order valence-corrected chi connectivity index (χ0v) is 18.4. The lowest BCUT2D eigenvalue weighted by Crippen LogP contribution is -2.38. The Morgan fingerprint density at radius 3 is 2.09 bits per heavy atom. The zero-order valence-electron chi connectivity index (χ0n) is 18.4. The molecule has 0 radical (unpaired) electrons. The van der Waals surface area contributed by atoms with Crippen molar-refractivity contribution in [2.24, 2.45) is 5.92 Å². The van der Waals surface area contributed by atoms with Gasteiger partial charge in [-0.05, 0) is 36.5 Å². The highest BCUT2D eigenvalue weighted by molar-refractivity contribution is 5.90. The summed E-state index contributed by atoms with van der Waals surface area (Å²) in [7, 11) is 0. The highest BCUT2D eigenvalue weighted by Crippen LogP contribution is 2.29. The Morgan fingerprint density at radius 1 is 1.03 bits per heavy atom. The molecule has 1 fully saturated rings. The maximum atomic E-state index is 14.6. The van der Waals surface area contributed by atoms with Crippen LogP contribution in [0.2, 0.25) is 0 Å². The quantitative estimate of drug-likeness (QED) is 0.493. The molecule has 0 unspecified atom stereocenters. The summed E-state index contributed by atoms with van der Waals surface area (Å²) < 4.78 is 34.6. The first-order chi connectivity index (χ1) is 16.3. The van der Waals surface area contributed by atoms with E-state index in [-0.39, 0.29) is 55.8 Å². The summed E-state index contributed by atoms with van der Waals surface area (Å²) in [4.78, 5) is 33.7. The van der Waals surface area contributed by atoms with Crippen LogP contribution in [0.3, 0.4) is 0 Å². The van der Waals surface area contributed by atoms with Crippen LogP contribution in [0.5, 0.6) is 5.75 Å². The van der Waals surface area contributed by atoms with Gasteiger partial charge in [0.25, 0.3) is 5.91 Å². The molecule has 1 aliphatic heterocycles. The lowest BCUT2D eigenvalue weighted by molar-refractivity contribution is 0.0672. The molecule has 0 bridgehead atoms. The molecule has 1 saturated heterocycles. The predicted octanol–water partition coefficient (Wildman–Crippen LogP) is 1.62. The summed E-state index contributed by atoms with van der Waals surface area (Å²) in [6, 6.07) is 2.16. The van der Waals surface area contributed by atoms with Gasteiger partial charge in [0.05, 0.1) is 19.8 Å². The molecule has 1 aliphatic rings. The number of aliphatic hydroxyl groups excluding tert-OH is 2. The Kier molecular flexibility index (Phi) is 8.66. The number of amides is 2. The van der Waals surface area contributed by atoms with Crippen LogP contribution in [0.1, 0.15) is 23.5 Å². The van der Waals surface area contributed by atoms with E-state index >= 15 is 0 Å². The third kappa shape index (κ3) is 6.14. The van der Waals surface area contributed by atoms with E-state index in [9.17, 15) is 18.4 Å². The number of nitrogens with zero attached hydrogens (tertiary/aromatic N) is 4. The Morgan fingerprint density at radius 2 is 1.59 bits per heavy atom. The van der Waals surface area contributed by atoms with Gasteiger partial charge in [0.15, 0.2) is 17.4 Å². The fraction of sp³-hybridized carbons (Fsp3) is 0.455. The average Bonchev–Trinajstić information content (AvgIpc) is 2.83. The Bertz CT molecular complexity index is 970. The minimum atomic E-state index is -0.985. The number of benzene rings is 1. The van der Waals surface area contributed by atoms with Crippen LogP contribution < -0.4 is 4.74 Å². The maximum Gasteiger partial charge on any atom is 0.407 e. The Labute approximate surface area is 194 Å². The number of ether oxygens (including phenoxy) is 1. The van der Waals surface area contributed by atoms with E-state index in [1.54, 1.807) is 0 Å². The zero-order chi connectivity index (χ0) is 24.7. The minimum absolute atomic E-state index is 0.00105. The normalized spacial score (nSPS) is 14.2. The van der Waals surface area contributed by atoms with E-state index in [0.29, 0.717) is 25.9 Å². The number of aromatic nitrogens is 2. The van der Waals surface area contributed by atoms with Crippen molar-refractivity contribution in [1.82, 2.24) is 19.8 Å². The smallest absolute Gasteiger partial charge is 0.407 e. The van der Waals surface area contributed by atoms with Crippen LogP contribution in [-0.2, 0) is 0 Å². The maximum absolute atomic E-state index is 14.6. The van der Waals surface area contributed by atoms with Crippen molar-refractivity contribution in [2.45, 2.75) is 12.8 Å². The fourth-order valence-electron chi connectivity index (χ4n) is 3.64. The highest BCUT2D eigenvalue weighted by Gasteiger charge is 2.24. The largest absolute Gasteiger partial charge is 0.487 e. The van der Waals surface area contributed by atoms with Crippen LogP contribution in [0.15, 0.2) is 24.5 Å².